The lowest BCUT2D eigenvalue weighted by Crippen LogP contribution is -2.49. The van der Waals surface area contributed by atoms with E-state index < -0.39 is 41.7 Å². The van der Waals surface area contributed by atoms with Crippen LogP contribution < -0.4 is 20.9 Å². The van der Waals surface area contributed by atoms with E-state index >= 15 is 0 Å². The number of benzene rings is 1. The monoisotopic (exact) mass is 381 g/mol. The lowest BCUT2D eigenvalue weighted by atomic mass is 9.88. The SMILES string of the molecule is Cc1cccn(CC2(c3ccccc3OC(F)(F)F)NC(=O)NC2=O)c1=O. The van der Waals surface area contributed by atoms with E-state index in [1.54, 1.807) is 19.1 Å². The smallest absolute Gasteiger partial charge is 0.405 e. The molecule has 0 radical (unpaired) electrons. The van der Waals surface area contributed by atoms with E-state index in [1.807, 2.05) is 5.32 Å². The average Bonchev–Trinajstić information content (AvgIpc) is 2.85. The number of hydrogen-bond acceptors (Lipinski definition) is 4. The second kappa shape index (κ2) is 6.45. The fourth-order valence-corrected chi connectivity index (χ4v) is 2.95. The summed E-state index contributed by atoms with van der Waals surface area (Å²) in [4.78, 5) is 36.7. The molecule has 2 heterocycles. The highest BCUT2D eigenvalue weighted by Gasteiger charge is 2.50. The molecule has 1 aromatic heterocycles. The lowest BCUT2D eigenvalue weighted by molar-refractivity contribution is -0.275. The second-order valence-electron chi connectivity index (χ2n) is 5.98. The Morgan fingerprint density at radius 2 is 1.81 bits per heavy atom. The van der Waals surface area contributed by atoms with Crippen molar-refractivity contribution in [3.8, 4) is 5.75 Å². The van der Waals surface area contributed by atoms with Crippen molar-refractivity contribution >= 4 is 11.9 Å². The van der Waals surface area contributed by atoms with Crippen molar-refractivity contribution in [3.63, 3.8) is 0 Å². The third-order valence-electron chi connectivity index (χ3n) is 4.13. The molecule has 3 rings (SSSR count). The number of ether oxygens (including phenoxy) is 1. The van der Waals surface area contributed by atoms with Crippen LogP contribution in [-0.2, 0) is 16.9 Å². The second-order valence-corrected chi connectivity index (χ2v) is 5.98. The number of nitrogens with one attached hydrogen (secondary N) is 2. The van der Waals surface area contributed by atoms with Crippen LogP contribution in [0.3, 0.4) is 0 Å². The summed E-state index contributed by atoms with van der Waals surface area (Å²) in [7, 11) is 0. The highest BCUT2D eigenvalue weighted by molar-refractivity contribution is 6.07. The topological polar surface area (TPSA) is 89.4 Å². The zero-order chi connectivity index (χ0) is 19.8. The van der Waals surface area contributed by atoms with Crippen LogP contribution in [0, 0.1) is 6.92 Å². The molecule has 1 aliphatic rings. The zero-order valence-corrected chi connectivity index (χ0v) is 14.0. The number of aryl methyl sites for hydroxylation is 1. The van der Waals surface area contributed by atoms with Gasteiger partial charge in [-0.05, 0) is 19.1 Å². The lowest BCUT2D eigenvalue weighted by Gasteiger charge is -2.29. The van der Waals surface area contributed by atoms with E-state index in [0.717, 1.165) is 10.6 Å². The summed E-state index contributed by atoms with van der Waals surface area (Å²) < 4.78 is 43.5. The molecule has 142 valence electrons. The van der Waals surface area contributed by atoms with Crippen molar-refractivity contribution in [1.29, 1.82) is 0 Å². The standard InChI is InChI=1S/C17H14F3N3O4/c1-10-5-4-8-23(13(10)24)9-16(14(25)21-15(26)22-16)11-6-2-3-7-12(11)27-17(18,19)20/h2-8H,9H2,1H3,(H2,21,22,25,26). The van der Waals surface area contributed by atoms with Crippen LogP contribution in [0.25, 0.3) is 0 Å². The first-order chi connectivity index (χ1) is 12.6. The number of aromatic nitrogens is 1. The van der Waals surface area contributed by atoms with Gasteiger partial charge >= 0.3 is 12.4 Å². The Kier molecular flexibility index (Phi) is 4.42. The number of hydrogen-bond donors (Lipinski definition) is 2. The number of alkyl halides is 3. The molecule has 1 aliphatic heterocycles. The number of pyridine rings is 1. The molecule has 1 unspecified atom stereocenters. The average molecular weight is 381 g/mol. The van der Waals surface area contributed by atoms with Gasteiger partial charge in [-0.25, -0.2) is 4.79 Å². The van der Waals surface area contributed by atoms with E-state index in [0.29, 0.717) is 5.56 Å². The normalized spacial score (nSPS) is 19.6. The summed E-state index contributed by atoms with van der Waals surface area (Å²) in [5.41, 5.74) is -2.24. The molecule has 0 bridgehead atoms. The van der Waals surface area contributed by atoms with Gasteiger partial charge in [0.2, 0.25) is 0 Å². The molecule has 1 aromatic carbocycles. The molecule has 27 heavy (non-hydrogen) atoms. The Labute approximate surface area is 150 Å². The summed E-state index contributed by atoms with van der Waals surface area (Å²) >= 11 is 0. The van der Waals surface area contributed by atoms with Crippen LogP contribution in [-0.4, -0.2) is 22.9 Å². The van der Waals surface area contributed by atoms with Gasteiger partial charge in [-0.2, -0.15) is 0 Å². The molecule has 1 saturated heterocycles. The number of amides is 3. The van der Waals surface area contributed by atoms with Gasteiger partial charge in [0.25, 0.3) is 11.5 Å². The van der Waals surface area contributed by atoms with Gasteiger partial charge in [0.15, 0.2) is 5.54 Å². The molecular weight excluding hydrogens is 367 g/mol. The third kappa shape index (κ3) is 3.50. The Bertz CT molecular complexity index is 970. The van der Waals surface area contributed by atoms with Crippen LogP contribution in [0.1, 0.15) is 11.1 Å². The molecule has 0 saturated carbocycles. The van der Waals surface area contributed by atoms with Crippen molar-refractivity contribution < 1.29 is 27.5 Å². The maximum Gasteiger partial charge on any atom is 0.573 e. The fraction of sp³-hybridized carbons (Fsp3) is 0.235. The fourth-order valence-electron chi connectivity index (χ4n) is 2.95. The van der Waals surface area contributed by atoms with E-state index in [4.69, 9.17) is 0 Å². The number of imide groups is 1. The number of carbonyl (C=O) groups is 2. The summed E-state index contributed by atoms with van der Waals surface area (Å²) in [5.74, 6) is -1.54. The Morgan fingerprint density at radius 3 is 2.44 bits per heavy atom. The van der Waals surface area contributed by atoms with E-state index in [9.17, 15) is 27.6 Å². The van der Waals surface area contributed by atoms with Crippen LogP contribution in [0.15, 0.2) is 47.4 Å². The molecule has 1 atom stereocenters. The minimum atomic E-state index is -5.00. The van der Waals surface area contributed by atoms with Gasteiger partial charge in [-0.15, -0.1) is 13.2 Å². The Morgan fingerprint density at radius 1 is 1.11 bits per heavy atom. The molecule has 2 N–H and O–H groups in total. The van der Waals surface area contributed by atoms with E-state index in [-0.39, 0.29) is 5.56 Å². The van der Waals surface area contributed by atoms with Gasteiger partial charge in [0.1, 0.15) is 5.75 Å². The molecule has 0 spiro atoms. The predicted octanol–water partition coefficient (Wildman–Crippen LogP) is 1.79. The van der Waals surface area contributed by atoms with Gasteiger partial charge in [0, 0.05) is 17.3 Å². The van der Waals surface area contributed by atoms with E-state index in [1.165, 1.54) is 24.4 Å². The Balaban J connectivity index is 2.16. The van der Waals surface area contributed by atoms with Crippen molar-refractivity contribution in [3.05, 3.63) is 64.1 Å². The Hall–Kier alpha value is -3.30. The first-order valence-corrected chi connectivity index (χ1v) is 7.77. The van der Waals surface area contributed by atoms with Gasteiger partial charge in [0.05, 0.1) is 6.54 Å². The minimum Gasteiger partial charge on any atom is -0.405 e. The van der Waals surface area contributed by atoms with Crippen LogP contribution in [0.4, 0.5) is 18.0 Å². The quantitative estimate of drug-likeness (QED) is 0.791. The number of carbonyl (C=O) groups excluding carboxylic acids is 2. The summed E-state index contributed by atoms with van der Waals surface area (Å²) in [6.07, 6.45) is -3.63. The van der Waals surface area contributed by atoms with E-state index in [2.05, 4.69) is 10.1 Å². The maximum atomic E-state index is 12.8. The number of nitrogens with zero attached hydrogens (tertiary/aromatic N) is 1. The number of para-hydroxylation sites is 1. The van der Waals surface area contributed by atoms with Gasteiger partial charge in [-0.1, -0.05) is 24.3 Å². The first-order valence-electron chi connectivity index (χ1n) is 7.77. The summed E-state index contributed by atoms with van der Waals surface area (Å²) in [5, 5.41) is 4.36. The molecule has 10 heteroatoms. The first kappa shape index (κ1) is 18.5. The third-order valence-corrected chi connectivity index (χ3v) is 4.13. The predicted molar refractivity (Wildman–Crippen MR) is 86.9 cm³/mol. The molecule has 1 fully saturated rings. The van der Waals surface area contributed by atoms with Crippen LogP contribution in [0.5, 0.6) is 5.75 Å². The highest BCUT2D eigenvalue weighted by Crippen LogP contribution is 2.36. The molecule has 7 nitrogen and oxygen atoms in total. The van der Waals surface area contributed by atoms with Crippen molar-refractivity contribution in [2.75, 3.05) is 0 Å². The van der Waals surface area contributed by atoms with Crippen molar-refractivity contribution in [2.45, 2.75) is 25.4 Å². The zero-order valence-electron chi connectivity index (χ0n) is 14.0. The largest absolute Gasteiger partial charge is 0.573 e. The van der Waals surface area contributed by atoms with Crippen molar-refractivity contribution in [1.82, 2.24) is 15.2 Å². The molecule has 2 aromatic rings. The summed E-state index contributed by atoms with van der Waals surface area (Å²) in [6, 6.07) is 7.18. The van der Waals surface area contributed by atoms with Gasteiger partial charge in [-0.3, -0.25) is 14.9 Å². The number of halogens is 3. The number of rotatable bonds is 4. The molecule has 0 aliphatic carbocycles. The molecule has 3 amide bonds. The number of urea groups is 1. The van der Waals surface area contributed by atoms with Crippen LogP contribution in [0.2, 0.25) is 0 Å². The minimum absolute atomic E-state index is 0.223. The highest BCUT2D eigenvalue weighted by atomic mass is 19.4. The van der Waals surface area contributed by atoms with Gasteiger partial charge < -0.3 is 14.6 Å². The molecular formula is C17H14F3N3O4. The maximum absolute atomic E-state index is 12.8. The van der Waals surface area contributed by atoms with Crippen molar-refractivity contribution in [2.24, 2.45) is 0 Å². The summed E-state index contributed by atoms with van der Waals surface area (Å²) in [6.45, 7) is 1.14. The van der Waals surface area contributed by atoms with Crippen LogP contribution >= 0.6 is 0 Å².